The minimum atomic E-state index is -0.534. The van der Waals surface area contributed by atoms with Crippen molar-refractivity contribution in [3.05, 3.63) is 69.9 Å². The van der Waals surface area contributed by atoms with Gasteiger partial charge in [0.25, 0.3) is 5.69 Å². The quantitative estimate of drug-likeness (QED) is 0.453. The second kappa shape index (κ2) is 9.02. The number of hydrogen-bond acceptors (Lipinski definition) is 6. The lowest BCUT2D eigenvalue weighted by atomic mass is 10.2. The van der Waals surface area contributed by atoms with Gasteiger partial charge in [-0.25, -0.2) is 9.78 Å². The van der Waals surface area contributed by atoms with E-state index in [0.29, 0.717) is 18.5 Å². The summed E-state index contributed by atoms with van der Waals surface area (Å²) in [6, 6.07) is 10.7. The summed E-state index contributed by atoms with van der Waals surface area (Å²) in [6.07, 6.45) is 4.49. The second-order valence-corrected chi connectivity index (χ2v) is 5.10. The van der Waals surface area contributed by atoms with E-state index in [2.05, 4.69) is 10.3 Å². The number of benzene rings is 1. The summed E-state index contributed by atoms with van der Waals surface area (Å²) in [5.74, 6) is 0.206. The Kier molecular flexibility index (Phi) is 6.47. The molecule has 3 N–H and O–H groups in total. The summed E-state index contributed by atoms with van der Waals surface area (Å²) in [4.78, 5) is 25.5. The molecule has 0 spiro atoms. The van der Waals surface area contributed by atoms with Crippen molar-refractivity contribution >= 4 is 23.7 Å². The third-order valence-corrected chi connectivity index (χ3v) is 3.24. The van der Waals surface area contributed by atoms with Gasteiger partial charge in [0, 0.05) is 18.2 Å². The Morgan fingerprint density at radius 2 is 2.12 bits per heavy atom. The Balaban J connectivity index is 1.73. The fraction of sp³-hybridized carbons (Fsp3) is 0.176. The first-order valence-corrected chi connectivity index (χ1v) is 7.57. The highest BCUT2D eigenvalue weighted by Gasteiger charge is 2.08. The van der Waals surface area contributed by atoms with Crippen molar-refractivity contribution in [1.82, 2.24) is 10.3 Å². The third kappa shape index (κ3) is 5.94. The molecule has 1 aromatic carbocycles. The summed E-state index contributed by atoms with van der Waals surface area (Å²) in [7, 11) is 0. The van der Waals surface area contributed by atoms with Crippen LogP contribution in [0.3, 0.4) is 0 Å². The number of nitrogens with zero attached hydrogens (tertiary/aromatic N) is 2. The van der Waals surface area contributed by atoms with Gasteiger partial charge in [0.05, 0.1) is 4.92 Å². The van der Waals surface area contributed by atoms with Gasteiger partial charge in [0.1, 0.15) is 18.6 Å². The number of aromatic nitrogens is 1. The maximum absolute atomic E-state index is 11.6. The SMILES string of the molecule is Nc1ncc([N+](=O)[O-])cc1C=CCCNC(=O)OCc1ccccc1. The summed E-state index contributed by atoms with van der Waals surface area (Å²) in [5, 5.41) is 13.3. The van der Waals surface area contributed by atoms with E-state index in [-0.39, 0.29) is 18.1 Å². The van der Waals surface area contributed by atoms with E-state index in [0.717, 1.165) is 11.8 Å². The van der Waals surface area contributed by atoms with E-state index in [1.807, 2.05) is 30.3 Å². The average Bonchev–Trinajstić information content (AvgIpc) is 2.61. The van der Waals surface area contributed by atoms with Crippen LogP contribution in [0, 0.1) is 10.1 Å². The number of nitrogens with one attached hydrogen (secondary N) is 1. The Morgan fingerprint density at radius 1 is 1.36 bits per heavy atom. The van der Waals surface area contributed by atoms with Gasteiger partial charge < -0.3 is 15.8 Å². The van der Waals surface area contributed by atoms with Crippen molar-refractivity contribution in [3.8, 4) is 0 Å². The molecule has 25 heavy (non-hydrogen) atoms. The predicted molar refractivity (Wildman–Crippen MR) is 93.6 cm³/mol. The van der Waals surface area contributed by atoms with Crippen molar-refractivity contribution in [3.63, 3.8) is 0 Å². The van der Waals surface area contributed by atoms with E-state index in [9.17, 15) is 14.9 Å². The van der Waals surface area contributed by atoms with Crippen LogP contribution in [0.4, 0.5) is 16.3 Å². The van der Waals surface area contributed by atoms with Gasteiger partial charge in [-0.3, -0.25) is 10.1 Å². The molecule has 0 saturated carbocycles. The minimum Gasteiger partial charge on any atom is -0.445 e. The van der Waals surface area contributed by atoms with E-state index in [4.69, 9.17) is 10.5 Å². The number of alkyl carbamates (subject to hydrolysis) is 1. The molecule has 0 aliphatic heterocycles. The van der Waals surface area contributed by atoms with Crippen molar-refractivity contribution in [1.29, 1.82) is 0 Å². The van der Waals surface area contributed by atoms with Crippen molar-refractivity contribution in [2.75, 3.05) is 12.3 Å². The highest BCUT2D eigenvalue weighted by atomic mass is 16.6. The largest absolute Gasteiger partial charge is 0.445 e. The summed E-state index contributed by atoms with van der Waals surface area (Å²) in [5.41, 5.74) is 6.91. The first kappa shape index (κ1) is 17.9. The van der Waals surface area contributed by atoms with E-state index < -0.39 is 11.0 Å². The molecule has 130 valence electrons. The second-order valence-electron chi connectivity index (χ2n) is 5.10. The lowest BCUT2D eigenvalue weighted by molar-refractivity contribution is -0.385. The molecule has 1 aromatic heterocycles. The molecule has 2 rings (SSSR count). The van der Waals surface area contributed by atoms with Crippen LogP contribution in [0.5, 0.6) is 0 Å². The van der Waals surface area contributed by atoms with Gasteiger partial charge in [-0.15, -0.1) is 0 Å². The van der Waals surface area contributed by atoms with Crippen LogP contribution in [0.1, 0.15) is 17.5 Å². The zero-order valence-corrected chi connectivity index (χ0v) is 13.4. The van der Waals surface area contributed by atoms with E-state index in [1.54, 1.807) is 12.2 Å². The fourth-order valence-corrected chi connectivity index (χ4v) is 1.96. The number of anilines is 1. The van der Waals surface area contributed by atoms with Gasteiger partial charge >= 0.3 is 6.09 Å². The number of nitrogens with two attached hydrogens (primary N) is 1. The predicted octanol–water partition coefficient (Wildman–Crippen LogP) is 2.90. The first-order valence-electron chi connectivity index (χ1n) is 7.57. The molecular formula is C17H18N4O4. The van der Waals surface area contributed by atoms with Crippen LogP contribution in [0.2, 0.25) is 0 Å². The molecule has 2 aromatic rings. The molecule has 0 unspecified atom stereocenters. The molecule has 0 saturated heterocycles. The molecule has 0 radical (unpaired) electrons. The molecule has 8 nitrogen and oxygen atoms in total. The molecule has 0 aliphatic rings. The first-order chi connectivity index (χ1) is 12.1. The molecule has 0 atom stereocenters. The topological polar surface area (TPSA) is 120 Å². The summed E-state index contributed by atoms with van der Waals surface area (Å²) < 4.78 is 5.08. The number of nitrogen functional groups attached to an aromatic ring is 1. The smallest absolute Gasteiger partial charge is 0.407 e. The molecule has 1 amide bonds. The number of amides is 1. The standard InChI is InChI=1S/C17H18N4O4/c18-16-14(10-15(11-20-16)21(23)24)8-4-5-9-19-17(22)25-12-13-6-2-1-3-7-13/h1-4,6-8,10-11H,5,9,12H2,(H2,18,20)(H,19,22). The summed E-state index contributed by atoms with van der Waals surface area (Å²) in [6.45, 7) is 0.574. The number of hydrogen-bond donors (Lipinski definition) is 2. The van der Waals surface area contributed by atoms with Gasteiger partial charge in [-0.05, 0) is 12.0 Å². The Labute approximate surface area is 144 Å². The number of carbonyl (C=O) groups is 1. The normalized spacial score (nSPS) is 10.6. The van der Waals surface area contributed by atoms with Gasteiger partial charge in [0.2, 0.25) is 0 Å². The lowest BCUT2D eigenvalue weighted by Crippen LogP contribution is -2.24. The van der Waals surface area contributed by atoms with Crippen molar-refractivity contribution < 1.29 is 14.5 Å². The fourth-order valence-electron chi connectivity index (χ4n) is 1.96. The van der Waals surface area contributed by atoms with E-state index in [1.165, 1.54) is 6.07 Å². The number of nitro groups is 1. The molecule has 0 aliphatic carbocycles. The number of pyridine rings is 1. The van der Waals surface area contributed by atoms with Gasteiger partial charge in [-0.2, -0.15) is 0 Å². The van der Waals surface area contributed by atoms with Crippen LogP contribution in [0.15, 0.2) is 48.7 Å². The third-order valence-electron chi connectivity index (χ3n) is 3.24. The number of rotatable bonds is 7. The zero-order valence-electron chi connectivity index (χ0n) is 13.4. The van der Waals surface area contributed by atoms with Crippen LogP contribution in [-0.2, 0) is 11.3 Å². The molecule has 1 heterocycles. The maximum Gasteiger partial charge on any atom is 0.407 e. The number of ether oxygens (including phenoxy) is 1. The highest BCUT2D eigenvalue weighted by molar-refractivity contribution is 5.67. The van der Waals surface area contributed by atoms with Crippen LogP contribution in [0.25, 0.3) is 6.08 Å². The van der Waals surface area contributed by atoms with Crippen LogP contribution in [-0.4, -0.2) is 22.5 Å². The van der Waals surface area contributed by atoms with Crippen LogP contribution < -0.4 is 11.1 Å². The average molecular weight is 342 g/mol. The molecule has 8 heteroatoms. The van der Waals surface area contributed by atoms with Gasteiger partial charge in [-0.1, -0.05) is 42.5 Å². The lowest BCUT2D eigenvalue weighted by Gasteiger charge is -2.06. The minimum absolute atomic E-state index is 0.128. The monoisotopic (exact) mass is 342 g/mol. The highest BCUT2D eigenvalue weighted by Crippen LogP contribution is 2.18. The summed E-state index contributed by atoms with van der Waals surface area (Å²) >= 11 is 0. The zero-order chi connectivity index (χ0) is 18.1. The molecule has 0 bridgehead atoms. The Morgan fingerprint density at radius 3 is 2.84 bits per heavy atom. The van der Waals surface area contributed by atoms with Crippen molar-refractivity contribution in [2.24, 2.45) is 0 Å². The van der Waals surface area contributed by atoms with Crippen molar-refractivity contribution in [2.45, 2.75) is 13.0 Å². The molecule has 0 fully saturated rings. The Bertz CT molecular complexity index is 762. The van der Waals surface area contributed by atoms with Crippen LogP contribution >= 0.6 is 0 Å². The van der Waals surface area contributed by atoms with Gasteiger partial charge in [0.15, 0.2) is 0 Å². The van der Waals surface area contributed by atoms with E-state index >= 15 is 0 Å². The molecular weight excluding hydrogens is 324 g/mol. The number of carbonyl (C=O) groups excluding carboxylic acids is 1. The maximum atomic E-state index is 11.6. The Hall–Kier alpha value is -3.42.